The SMILES string of the molecule is O=C(O)[C@@]1(CC2CC2)CN(S(=O)(=O)c2cccc(Cl)c2Cl)CC[C@@H]1O. The van der Waals surface area contributed by atoms with Crippen LogP contribution < -0.4 is 0 Å². The van der Waals surface area contributed by atoms with Gasteiger partial charge in [-0.1, -0.05) is 42.1 Å². The Morgan fingerprint density at radius 2 is 1.96 bits per heavy atom. The van der Waals surface area contributed by atoms with Gasteiger partial charge in [0.25, 0.3) is 0 Å². The van der Waals surface area contributed by atoms with Crippen LogP contribution in [0.5, 0.6) is 0 Å². The third-order valence-corrected chi connectivity index (χ3v) is 7.88. The predicted molar refractivity (Wildman–Crippen MR) is 93.3 cm³/mol. The number of benzene rings is 1. The van der Waals surface area contributed by atoms with Crippen LogP contribution in [0.15, 0.2) is 23.1 Å². The lowest BCUT2D eigenvalue weighted by atomic mass is 9.74. The predicted octanol–water partition coefficient (Wildman–Crippen LogP) is 2.62. The first-order valence-electron chi connectivity index (χ1n) is 8.04. The summed E-state index contributed by atoms with van der Waals surface area (Å²) in [5.41, 5.74) is -1.49. The average Bonchev–Trinajstić information content (AvgIpc) is 3.35. The van der Waals surface area contributed by atoms with Gasteiger partial charge in [-0.05, 0) is 30.9 Å². The Morgan fingerprint density at radius 1 is 1.28 bits per heavy atom. The summed E-state index contributed by atoms with van der Waals surface area (Å²) in [5, 5.41) is 20.2. The standard InChI is InChI=1S/C16H19Cl2NO5S/c17-11-2-1-3-12(14(11)18)25(23,24)19-7-6-13(20)16(9-19,15(21)22)8-10-4-5-10/h1-3,10,13,20H,4-9H2,(H,21,22)/t13-,16-/m0/s1. The quantitative estimate of drug-likeness (QED) is 0.781. The van der Waals surface area contributed by atoms with Crippen LogP contribution >= 0.6 is 23.2 Å². The highest BCUT2D eigenvalue weighted by Gasteiger charge is 2.53. The van der Waals surface area contributed by atoms with Gasteiger partial charge in [0, 0.05) is 13.1 Å². The van der Waals surface area contributed by atoms with E-state index in [9.17, 15) is 23.4 Å². The Morgan fingerprint density at radius 3 is 2.56 bits per heavy atom. The molecule has 2 N–H and O–H groups in total. The van der Waals surface area contributed by atoms with Crippen LogP contribution in [0.2, 0.25) is 10.0 Å². The van der Waals surface area contributed by atoms with Gasteiger partial charge in [-0.3, -0.25) is 4.79 Å². The van der Waals surface area contributed by atoms with Gasteiger partial charge in [-0.15, -0.1) is 0 Å². The molecule has 0 spiro atoms. The van der Waals surface area contributed by atoms with Gasteiger partial charge >= 0.3 is 5.97 Å². The topological polar surface area (TPSA) is 94.9 Å². The van der Waals surface area contributed by atoms with E-state index in [0.29, 0.717) is 0 Å². The number of nitrogens with zero attached hydrogens (tertiary/aromatic N) is 1. The maximum absolute atomic E-state index is 13.0. The van der Waals surface area contributed by atoms with E-state index in [0.717, 1.165) is 17.1 Å². The molecule has 1 aromatic rings. The maximum atomic E-state index is 13.0. The molecular formula is C16H19Cl2NO5S. The molecule has 0 radical (unpaired) electrons. The van der Waals surface area contributed by atoms with E-state index in [1.54, 1.807) is 0 Å². The number of halogens is 2. The third kappa shape index (κ3) is 3.40. The minimum atomic E-state index is -4.02. The van der Waals surface area contributed by atoms with Crippen LogP contribution in [-0.4, -0.2) is 48.1 Å². The van der Waals surface area contributed by atoms with Gasteiger partial charge in [0.05, 0.1) is 16.1 Å². The molecule has 2 fully saturated rings. The maximum Gasteiger partial charge on any atom is 0.313 e. The summed E-state index contributed by atoms with van der Waals surface area (Å²) in [4.78, 5) is 11.8. The molecule has 0 aromatic heterocycles. The van der Waals surface area contributed by atoms with E-state index >= 15 is 0 Å². The second-order valence-corrected chi connectivity index (χ2v) is 9.50. The first-order valence-corrected chi connectivity index (χ1v) is 10.2. The summed E-state index contributed by atoms with van der Waals surface area (Å²) in [5.74, 6) is -0.938. The zero-order valence-corrected chi connectivity index (χ0v) is 15.7. The van der Waals surface area contributed by atoms with E-state index in [-0.39, 0.29) is 46.8 Å². The largest absolute Gasteiger partial charge is 0.481 e. The molecule has 138 valence electrons. The molecular weight excluding hydrogens is 389 g/mol. The fraction of sp³-hybridized carbons (Fsp3) is 0.562. The molecule has 0 unspecified atom stereocenters. The van der Waals surface area contributed by atoms with Crippen LogP contribution in [0, 0.1) is 11.3 Å². The first kappa shape index (κ1) is 18.9. The van der Waals surface area contributed by atoms with Crippen molar-refractivity contribution in [3.8, 4) is 0 Å². The van der Waals surface area contributed by atoms with Crippen molar-refractivity contribution in [1.29, 1.82) is 0 Å². The Bertz CT molecular complexity index is 796. The van der Waals surface area contributed by atoms with Crippen molar-refractivity contribution in [2.75, 3.05) is 13.1 Å². The molecule has 1 saturated heterocycles. The van der Waals surface area contributed by atoms with Crippen LogP contribution in [0.25, 0.3) is 0 Å². The normalized spacial score (nSPS) is 28.0. The molecule has 1 heterocycles. The molecule has 25 heavy (non-hydrogen) atoms. The van der Waals surface area contributed by atoms with Gasteiger partial charge in [-0.2, -0.15) is 4.31 Å². The highest BCUT2D eigenvalue weighted by atomic mass is 35.5. The van der Waals surface area contributed by atoms with Gasteiger partial charge in [0.2, 0.25) is 10.0 Å². The molecule has 1 aliphatic heterocycles. The number of aliphatic hydroxyl groups excluding tert-OH is 1. The van der Waals surface area contributed by atoms with Crippen molar-refractivity contribution in [3.05, 3.63) is 28.2 Å². The molecule has 1 aliphatic carbocycles. The van der Waals surface area contributed by atoms with Crippen molar-refractivity contribution in [2.45, 2.75) is 36.7 Å². The first-order chi connectivity index (χ1) is 11.7. The third-order valence-electron chi connectivity index (χ3n) is 5.06. The lowest BCUT2D eigenvalue weighted by molar-refractivity contribution is -0.162. The van der Waals surface area contributed by atoms with E-state index < -0.39 is 27.5 Å². The Balaban J connectivity index is 1.96. The second-order valence-electron chi connectivity index (χ2n) is 6.80. The number of carbonyl (C=O) groups is 1. The van der Waals surface area contributed by atoms with Crippen LogP contribution in [-0.2, 0) is 14.8 Å². The second kappa shape index (κ2) is 6.70. The van der Waals surface area contributed by atoms with Gasteiger partial charge in [0.1, 0.15) is 10.3 Å². The molecule has 3 rings (SSSR count). The van der Waals surface area contributed by atoms with Crippen molar-refractivity contribution >= 4 is 39.2 Å². The lowest BCUT2D eigenvalue weighted by Crippen LogP contribution is -2.57. The Hall–Kier alpha value is -0.860. The number of aliphatic carboxylic acids is 1. The van der Waals surface area contributed by atoms with Crippen molar-refractivity contribution in [2.24, 2.45) is 11.3 Å². The number of carboxylic acid groups (broad SMARTS) is 1. The molecule has 2 atom stereocenters. The van der Waals surface area contributed by atoms with Gasteiger partial charge in [-0.25, -0.2) is 8.42 Å². The minimum Gasteiger partial charge on any atom is -0.481 e. The van der Waals surface area contributed by atoms with E-state index in [1.165, 1.54) is 18.2 Å². The van der Waals surface area contributed by atoms with Crippen molar-refractivity contribution in [1.82, 2.24) is 4.31 Å². The number of sulfonamides is 1. The highest BCUT2D eigenvalue weighted by Crippen LogP contribution is 2.46. The van der Waals surface area contributed by atoms with E-state index in [2.05, 4.69) is 0 Å². The Labute approximate surface area is 156 Å². The number of carboxylic acids is 1. The summed E-state index contributed by atoms with van der Waals surface area (Å²) in [6.07, 6.45) is 1.09. The minimum absolute atomic E-state index is 0.0338. The molecule has 9 heteroatoms. The fourth-order valence-electron chi connectivity index (χ4n) is 3.40. The molecule has 2 aliphatic rings. The van der Waals surface area contributed by atoms with Crippen molar-refractivity contribution < 1.29 is 23.4 Å². The number of hydrogen-bond donors (Lipinski definition) is 2. The number of piperidine rings is 1. The van der Waals surface area contributed by atoms with Crippen molar-refractivity contribution in [3.63, 3.8) is 0 Å². The molecule has 0 bridgehead atoms. The molecule has 1 saturated carbocycles. The summed E-state index contributed by atoms with van der Waals surface area (Å²) in [7, 11) is -4.02. The number of aliphatic hydroxyl groups is 1. The zero-order valence-electron chi connectivity index (χ0n) is 13.4. The highest BCUT2D eigenvalue weighted by molar-refractivity contribution is 7.89. The fourth-order valence-corrected chi connectivity index (χ4v) is 5.66. The summed E-state index contributed by atoms with van der Waals surface area (Å²) < 4.78 is 27.1. The summed E-state index contributed by atoms with van der Waals surface area (Å²) >= 11 is 12.0. The zero-order chi connectivity index (χ0) is 18.4. The van der Waals surface area contributed by atoms with Gasteiger partial charge < -0.3 is 10.2 Å². The lowest BCUT2D eigenvalue weighted by Gasteiger charge is -2.42. The van der Waals surface area contributed by atoms with E-state index in [1.807, 2.05) is 0 Å². The molecule has 1 aromatic carbocycles. The molecule has 6 nitrogen and oxygen atoms in total. The molecule has 0 amide bonds. The number of rotatable bonds is 5. The van der Waals surface area contributed by atoms with Gasteiger partial charge in [0.15, 0.2) is 0 Å². The monoisotopic (exact) mass is 407 g/mol. The Kier molecular flexibility index (Phi) is 5.07. The summed E-state index contributed by atoms with van der Waals surface area (Å²) in [6, 6.07) is 4.31. The van der Waals surface area contributed by atoms with Crippen LogP contribution in [0.3, 0.4) is 0 Å². The van der Waals surface area contributed by atoms with Crippen LogP contribution in [0.1, 0.15) is 25.7 Å². The van der Waals surface area contributed by atoms with E-state index in [4.69, 9.17) is 23.2 Å². The smallest absolute Gasteiger partial charge is 0.313 e. The van der Waals surface area contributed by atoms with Crippen LogP contribution in [0.4, 0.5) is 0 Å². The number of hydrogen-bond acceptors (Lipinski definition) is 4. The summed E-state index contributed by atoms with van der Waals surface area (Å²) in [6.45, 7) is -0.239. The average molecular weight is 408 g/mol.